The summed E-state index contributed by atoms with van der Waals surface area (Å²) in [7, 11) is 0. The lowest BCUT2D eigenvalue weighted by molar-refractivity contribution is -0.136. The summed E-state index contributed by atoms with van der Waals surface area (Å²) in [6.07, 6.45) is -0.139. The van der Waals surface area contributed by atoms with Crippen LogP contribution in [0, 0.1) is 22.7 Å². The predicted molar refractivity (Wildman–Crippen MR) is 47.2 cm³/mol. The zero-order chi connectivity index (χ0) is 10.6. The van der Waals surface area contributed by atoms with Gasteiger partial charge < -0.3 is 5.11 Å². The molecule has 0 aromatic heterocycles. The standard InChI is InChI=1S/C10H6N2O2/c11-5-8-2-1-7(4-10(13)14)3-9(8)6-12/h1-3H,4H2,(H,13,14). The number of carboxylic acids is 1. The summed E-state index contributed by atoms with van der Waals surface area (Å²) < 4.78 is 0. The van der Waals surface area contributed by atoms with Crippen LogP contribution in [0.15, 0.2) is 18.2 Å². The monoisotopic (exact) mass is 186 g/mol. The molecule has 0 amide bonds. The van der Waals surface area contributed by atoms with Crippen LogP contribution in [0.4, 0.5) is 0 Å². The molecule has 4 heteroatoms. The molecule has 14 heavy (non-hydrogen) atoms. The van der Waals surface area contributed by atoms with Crippen molar-refractivity contribution in [3.8, 4) is 12.1 Å². The molecule has 1 aromatic carbocycles. The third kappa shape index (κ3) is 2.09. The Hall–Kier alpha value is -2.33. The molecular formula is C10H6N2O2. The number of hydrogen-bond donors (Lipinski definition) is 1. The first-order valence-electron chi connectivity index (χ1n) is 3.82. The van der Waals surface area contributed by atoms with Crippen LogP contribution in [-0.4, -0.2) is 11.1 Å². The first kappa shape index (κ1) is 9.76. The smallest absolute Gasteiger partial charge is 0.307 e. The van der Waals surface area contributed by atoms with Crippen LogP contribution < -0.4 is 0 Å². The largest absolute Gasteiger partial charge is 0.481 e. The van der Waals surface area contributed by atoms with E-state index in [4.69, 9.17) is 15.6 Å². The maximum atomic E-state index is 10.4. The topological polar surface area (TPSA) is 84.9 Å². The highest BCUT2D eigenvalue weighted by Crippen LogP contribution is 2.10. The number of carbonyl (C=O) groups is 1. The van der Waals surface area contributed by atoms with Crippen molar-refractivity contribution < 1.29 is 9.90 Å². The van der Waals surface area contributed by atoms with Gasteiger partial charge in [0, 0.05) is 0 Å². The van der Waals surface area contributed by atoms with E-state index in [2.05, 4.69) is 0 Å². The SMILES string of the molecule is N#Cc1ccc(CC(=O)O)cc1C#N. The summed E-state index contributed by atoms with van der Waals surface area (Å²) in [5, 5.41) is 25.8. The minimum Gasteiger partial charge on any atom is -0.481 e. The molecule has 0 saturated heterocycles. The van der Waals surface area contributed by atoms with E-state index in [0.29, 0.717) is 5.56 Å². The minimum atomic E-state index is -0.960. The Morgan fingerprint density at radius 1 is 1.29 bits per heavy atom. The van der Waals surface area contributed by atoms with Gasteiger partial charge in [0.05, 0.1) is 17.5 Å². The van der Waals surface area contributed by atoms with Gasteiger partial charge in [0.1, 0.15) is 12.1 Å². The number of carboxylic acid groups (broad SMARTS) is 1. The van der Waals surface area contributed by atoms with E-state index in [-0.39, 0.29) is 17.5 Å². The van der Waals surface area contributed by atoms with Gasteiger partial charge in [-0.05, 0) is 17.7 Å². The Labute approximate surface area is 80.6 Å². The maximum Gasteiger partial charge on any atom is 0.307 e. The van der Waals surface area contributed by atoms with Crippen molar-refractivity contribution in [3.05, 3.63) is 34.9 Å². The summed E-state index contributed by atoms with van der Waals surface area (Å²) in [5.74, 6) is -0.960. The second-order valence-corrected chi connectivity index (χ2v) is 2.67. The molecule has 0 bridgehead atoms. The molecule has 0 aliphatic rings. The van der Waals surface area contributed by atoms with Crippen LogP contribution in [-0.2, 0) is 11.2 Å². The summed E-state index contributed by atoms with van der Waals surface area (Å²) in [6.45, 7) is 0. The van der Waals surface area contributed by atoms with Crippen molar-refractivity contribution >= 4 is 5.97 Å². The van der Waals surface area contributed by atoms with Gasteiger partial charge >= 0.3 is 5.97 Å². The molecule has 0 aliphatic carbocycles. The Balaban J connectivity index is 3.11. The van der Waals surface area contributed by atoms with Crippen molar-refractivity contribution in [1.82, 2.24) is 0 Å². The molecule has 0 fully saturated rings. The van der Waals surface area contributed by atoms with Crippen LogP contribution >= 0.6 is 0 Å². The molecule has 0 saturated carbocycles. The quantitative estimate of drug-likeness (QED) is 0.748. The first-order valence-corrected chi connectivity index (χ1v) is 3.82. The fraction of sp³-hybridized carbons (Fsp3) is 0.100. The lowest BCUT2D eigenvalue weighted by atomic mass is 10.0. The lowest BCUT2D eigenvalue weighted by Gasteiger charge is -1.98. The number of hydrogen-bond acceptors (Lipinski definition) is 3. The fourth-order valence-corrected chi connectivity index (χ4v) is 1.07. The number of nitrogens with zero attached hydrogens (tertiary/aromatic N) is 2. The van der Waals surface area contributed by atoms with Crippen LogP contribution in [0.1, 0.15) is 16.7 Å². The van der Waals surface area contributed by atoms with Crippen molar-refractivity contribution in [2.45, 2.75) is 6.42 Å². The Kier molecular flexibility index (Phi) is 2.83. The molecule has 68 valence electrons. The van der Waals surface area contributed by atoms with Crippen LogP contribution in [0.3, 0.4) is 0 Å². The average Bonchev–Trinajstić information content (AvgIpc) is 2.16. The van der Waals surface area contributed by atoms with E-state index in [9.17, 15) is 4.79 Å². The molecule has 4 nitrogen and oxygen atoms in total. The molecule has 0 spiro atoms. The Morgan fingerprint density at radius 2 is 1.93 bits per heavy atom. The highest BCUT2D eigenvalue weighted by molar-refractivity contribution is 5.70. The fourth-order valence-electron chi connectivity index (χ4n) is 1.07. The minimum absolute atomic E-state index is 0.139. The third-order valence-electron chi connectivity index (χ3n) is 1.68. The number of aliphatic carboxylic acids is 1. The molecule has 1 N–H and O–H groups in total. The van der Waals surface area contributed by atoms with Crippen LogP contribution in [0.5, 0.6) is 0 Å². The van der Waals surface area contributed by atoms with Gasteiger partial charge in [0.2, 0.25) is 0 Å². The van der Waals surface area contributed by atoms with Crippen molar-refractivity contribution in [2.75, 3.05) is 0 Å². The van der Waals surface area contributed by atoms with Crippen molar-refractivity contribution in [2.24, 2.45) is 0 Å². The molecule has 0 aliphatic heterocycles. The maximum absolute atomic E-state index is 10.4. The molecule has 0 unspecified atom stereocenters. The zero-order valence-electron chi connectivity index (χ0n) is 7.19. The van der Waals surface area contributed by atoms with E-state index < -0.39 is 5.97 Å². The molecule has 1 aromatic rings. The van der Waals surface area contributed by atoms with Gasteiger partial charge in [-0.25, -0.2) is 0 Å². The van der Waals surface area contributed by atoms with Gasteiger partial charge in [-0.1, -0.05) is 6.07 Å². The first-order chi connectivity index (χ1) is 6.67. The highest BCUT2D eigenvalue weighted by atomic mass is 16.4. The summed E-state index contributed by atoms with van der Waals surface area (Å²) in [4.78, 5) is 10.4. The number of nitriles is 2. The molecule has 1 rings (SSSR count). The summed E-state index contributed by atoms with van der Waals surface area (Å²) in [5.41, 5.74) is 1.00. The summed E-state index contributed by atoms with van der Waals surface area (Å²) >= 11 is 0. The van der Waals surface area contributed by atoms with Crippen molar-refractivity contribution in [1.29, 1.82) is 10.5 Å². The molecule has 0 radical (unpaired) electrons. The summed E-state index contributed by atoms with van der Waals surface area (Å²) in [6, 6.07) is 8.12. The van der Waals surface area contributed by atoms with Crippen LogP contribution in [0.25, 0.3) is 0 Å². The van der Waals surface area contributed by atoms with E-state index in [0.717, 1.165) is 0 Å². The van der Waals surface area contributed by atoms with Gasteiger partial charge in [-0.2, -0.15) is 10.5 Å². The van der Waals surface area contributed by atoms with Gasteiger partial charge in [0.25, 0.3) is 0 Å². The molecule has 0 atom stereocenters. The second-order valence-electron chi connectivity index (χ2n) is 2.67. The normalized spacial score (nSPS) is 8.71. The average molecular weight is 186 g/mol. The highest BCUT2D eigenvalue weighted by Gasteiger charge is 2.05. The van der Waals surface area contributed by atoms with Crippen molar-refractivity contribution in [3.63, 3.8) is 0 Å². The van der Waals surface area contributed by atoms with E-state index in [1.807, 2.05) is 12.1 Å². The van der Waals surface area contributed by atoms with Gasteiger partial charge in [-0.3, -0.25) is 4.79 Å². The van der Waals surface area contributed by atoms with Gasteiger partial charge in [0.15, 0.2) is 0 Å². The van der Waals surface area contributed by atoms with E-state index in [1.165, 1.54) is 18.2 Å². The van der Waals surface area contributed by atoms with E-state index >= 15 is 0 Å². The third-order valence-corrected chi connectivity index (χ3v) is 1.68. The predicted octanol–water partition coefficient (Wildman–Crippen LogP) is 1.06. The van der Waals surface area contributed by atoms with Gasteiger partial charge in [-0.15, -0.1) is 0 Å². The number of benzene rings is 1. The zero-order valence-corrected chi connectivity index (χ0v) is 7.19. The Morgan fingerprint density at radius 3 is 2.43 bits per heavy atom. The Bertz CT molecular complexity index is 452. The second kappa shape index (κ2) is 4.06. The lowest BCUT2D eigenvalue weighted by Crippen LogP contribution is -2.00. The van der Waals surface area contributed by atoms with Crippen LogP contribution in [0.2, 0.25) is 0 Å². The number of rotatable bonds is 2. The molecule has 0 heterocycles. The molecular weight excluding hydrogens is 180 g/mol. The van der Waals surface area contributed by atoms with E-state index in [1.54, 1.807) is 0 Å².